The van der Waals surface area contributed by atoms with Crippen molar-refractivity contribution in [2.45, 2.75) is 13.1 Å². The van der Waals surface area contributed by atoms with Crippen molar-refractivity contribution in [1.82, 2.24) is 29.8 Å². The SMILES string of the molecule is CCOc1ccc2c3c(-c4nc(NCCO)ncc4C(F)(F)F)n[nH]c3nn2c1. The van der Waals surface area contributed by atoms with Crippen LogP contribution in [0.1, 0.15) is 12.5 Å². The molecule has 0 amide bonds. The molecule has 0 aliphatic carbocycles. The van der Waals surface area contributed by atoms with Gasteiger partial charge in [-0.25, -0.2) is 14.5 Å². The fourth-order valence-electron chi connectivity index (χ4n) is 2.95. The third-order valence-electron chi connectivity index (χ3n) is 4.14. The molecule has 0 radical (unpaired) electrons. The number of anilines is 1. The van der Waals surface area contributed by atoms with Crippen LogP contribution >= 0.6 is 0 Å². The van der Waals surface area contributed by atoms with Crippen molar-refractivity contribution in [3.05, 3.63) is 30.1 Å². The number of hydrogen-bond acceptors (Lipinski definition) is 7. The van der Waals surface area contributed by atoms with Gasteiger partial charge in [0.05, 0.1) is 30.3 Å². The fraction of sp³-hybridized carbons (Fsp3) is 0.294. The zero-order valence-corrected chi connectivity index (χ0v) is 15.2. The predicted octanol–water partition coefficient (Wildman–Crippen LogP) is 2.49. The average molecular weight is 407 g/mol. The topological polar surface area (TPSA) is 113 Å². The zero-order chi connectivity index (χ0) is 20.6. The molecule has 0 bridgehead atoms. The molecule has 0 spiro atoms. The van der Waals surface area contributed by atoms with Gasteiger partial charge in [0.2, 0.25) is 5.95 Å². The van der Waals surface area contributed by atoms with E-state index in [-0.39, 0.29) is 30.5 Å². The molecule has 0 atom stereocenters. The molecule has 4 aromatic rings. The Hall–Kier alpha value is -3.41. The number of aliphatic hydroxyl groups is 1. The van der Waals surface area contributed by atoms with Gasteiger partial charge < -0.3 is 15.2 Å². The second-order valence-electron chi connectivity index (χ2n) is 6.03. The predicted molar refractivity (Wildman–Crippen MR) is 97.6 cm³/mol. The number of halogens is 3. The first-order valence-electron chi connectivity index (χ1n) is 8.71. The Morgan fingerprint density at radius 2 is 2.10 bits per heavy atom. The molecule has 152 valence electrons. The second kappa shape index (κ2) is 7.20. The summed E-state index contributed by atoms with van der Waals surface area (Å²) in [6, 6.07) is 3.40. The Balaban J connectivity index is 1.92. The van der Waals surface area contributed by atoms with E-state index in [0.29, 0.717) is 35.1 Å². The van der Waals surface area contributed by atoms with Gasteiger partial charge in [0.1, 0.15) is 22.7 Å². The number of aromatic nitrogens is 6. The lowest BCUT2D eigenvalue weighted by Crippen LogP contribution is -2.14. The van der Waals surface area contributed by atoms with Crippen LogP contribution in [0.5, 0.6) is 5.75 Å². The maximum absolute atomic E-state index is 13.6. The van der Waals surface area contributed by atoms with Gasteiger partial charge in [0.25, 0.3) is 0 Å². The Labute approximate surface area is 161 Å². The minimum Gasteiger partial charge on any atom is -0.492 e. The van der Waals surface area contributed by atoms with E-state index in [4.69, 9.17) is 9.84 Å². The van der Waals surface area contributed by atoms with Crippen LogP contribution in [-0.4, -0.2) is 54.6 Å². The van der Waals surface area contributed by atoms with Crippen molar-refractivity contribution < 1.29 is 23.0 Å². The van der Waals surface area contributed by atoms with Crippen LogP contribution in [0, 0.1) is 0 Å². The van der Waals surface area contributed by atoms with Crippen molar-refractivity contribution in [3.8, 4) is 17.1 Å². The summed E-state index contributed by atoms with van der Waals surface area (Å²) >= 11 is 0. The summed E-state index contributed by atoms with van der Waals surface area (Å²) in [5.41, 5.74) is -0.552. The number of fused-ring (bicyclic) bond motifs is 3. The lowest BCUT2D eigenvalue weighted by Gasteiger charge is -2.12. The summed E-state index contributed by atoms with van der Waals surface area (Å²) in [4.78, 5) is 7.69. The van der Waals surface area contributed by atoms with E-state index in [1.54, 1.807) is 18.3 Å². The van der Waals surface area contributed by atoms with Crippen LogP contribution in [0.15, 0.2) is 24.5 Å². The second-order valence-corrected chi connectivity index (χ2v) is 6.03. The molecule has 0 saturated carbocycles. The first kappa shape index (κ1) is 18.9. The minimum atomic E-state index is -4.68. The number of nitrogens with zero attached hydrogens (tertiary/aromatic N) is 5. The van der Waals surface area contributed by atoms with Gasteiger partial charge in [-0.3, -0.25) is 5.10 Å². The summed E-state index contributed by atoms with van der Waals surface area (Å²) in [6.45, 7) is 2.19. The molecular formula is C17H16F3N7O2. The van der Waals surface area contributed by atoms with E-state index in [1.165, 1.54) is 4.52 Å². The van der Waals surface area contributed by atoms with Crippen molar-refractivity contribution in [2.24, 2.45) is 0 Å². The van der Waals surface area contributed by atoms with Crippen LogP contribution in [0.3, 0.4) is 0 Å². The van der Waals surface area contributed by atoms with Crippen molar-refractivity contribution in [3.63, 3.8) is 0 Å². The van der Waals surface area contributed by atoms with Crippen molar-refractivity contribution in [2.75, 3.05) is 25.1 Å². The summed E-state index contributed by atoms with van der Waals surface area (Å²) in [6.07, 6.45) is -2.35. The van der Waals surface area contributed by atoms with Crippen LogP contribution in [0.25, 0.3) is 27.9 Å². The maximum Gasteiger partial charge on any atom is 0.420 e. The Kier molecular flexibility index (Phi) is 4.70. The van der Waals surface area contributed by atoms with E-state index in [9.17, 15) is 13.2 Å². The molecule has 0 unspecified atom stereocenters. The summed E-state index contributed by atoms with van der Waals surface area (Å²) in [5, 5.41) is 23.0. The minimum absolute atomic E-state index is 0.000864. The molecule has 0 aromatic carbocycles. The van der Waals surface area contributed by atoms with Crippen molar-refractivity contribution >= 4 is 22.5 Å². The summed E-state index contributed by atoms with van der Waals surface area (Å²) < 4.78 is 47.7. The third kappa shape index (κ3) is 3.42. The van der Waals surface area contributed by atoms with Gasteiger partial charge >= 0.3 is 6.18 Å². The number of aromatic amines is 1. The Bertz CT molecular complexity index is 1170. The molecule has 4 rings (SSSR count). The first-order chi connectivity index (χ1) is 13.9. The molecule has 29 heavy (non-hydrogen) atoms. The molecule has 0 fully saturated rings. The van der Waals surface area contributed by atoms with E-state index in [1.807, 2.05) is 6.92 Å². The molecule has 4 aromatic heterocycles. The van der Waals surface area contributed by atoms with Gasteiger partial charge in [-0.05, 0) is 19.1 Å². The van der Waals surface area contributed by atoms with Crippen LogP contribution in [-0.2, 0) is 6.18 Å². The van der Waals surface area contributed by atoms with E-state index in [0.717, 1.165) is 0 Å². The normalized spacial score (nSPS) is 12.0. The number of hydrogen-bond donors (Lipinski definition) is 3. The van der Waals surface area contributed by atoms with Crippen LogP contribution in [0.2, 0.25) is 0 Å². The molecular weight excluding hydrogens is 391 g/mol. The highest BCUT2D eigenvalue weighted by molar-refractivity contribution is 6.02. The summed E-state index contributed by atoms with van der Waals surface area (Å²) in [7, 11) is 0. The van der Waals surface area contributed by atoms with Gasteiger partial charge in [-0.1, -0.05) is 0 Å². The third-order valence-corrected chi connectivity index (χ3v) is 4.14. The number of rotatable bonds is 6. The highest BCUT2D eigenvalue weighted by Crippen LogP contribution is 2.38. The number of H-pyrrole nitrogens is 1. The molecule has 9 nitrogen and oxygen atoms in total. The van der Waals surface area contributed by atoms with Gasteiger partial charge in [-0.15, -0.1) is 5.10 Å². The monoisotopic (exact) mass is 407 g/mol. The van der Waals surface area contributed by atoms with E-state index >= 15 is 0 Å². The van der Waals surface area contributed by atoms with E-state index in [2.05, 4.69) is 30.6 Å². The molecule has 3 N–H and O–H groups in total. The van der Waals surface area contributed by atoms with Gasteiger partial charge in [-0.2, -0.15) is 18.3 Å². The molecule has 12 heteroatoms. The van der Waals surface area contributed by atoms with Crippen molar-refractivity contribution in [1.29, 1.82) is 0 Å². The van der Waals surface area contributed by atoms with Gasteiger partial charge in [0, 0.05) is 12.7 Å². The zero-order valence-electron chi connectivity index (χ0n) is 15.2. The van der Waals surface area contributed by atoms with E-state index < -0.39 is 11.7 Å². The number of aliphatic hydroxyl groups excluding tert-OH is 1. The maximum atomic E-state index is 13.6. The Morgan fingerprint density at radius 1 is 1.28 bits per heavy atom. The highest BCUT2D eigenvalue weighted by atomic mass is 19.4. The average Bonchev–Trinajstić information content (AvgIpc) is 3.24. The molecule has 0 aliphatic rings. The number of pyridine rings is 1. The lowest BCUT2D eigenvalue weighted by atomic mass is 10.1. The fourth-order valence-corrected chi connectivity index (χ4v) is 2.95. The highest BCUT2D eigenvalue weighted by Gasteiger charge is 2.37. The van der Waals surface area contributed by atoms with Crippen LogP contribution in [0.4, 0.5) is 19.1 Å². The smallest absolute Gasteiger partial charge is 0.420 e. The van der Waals surface area contributed by atoms with Gasteiger partial charge in [0.15, 0.2) is 5.65 Å². The molecule has 0 saturated heterocycles. The Morgan fingerprint density at radius 3 is 2.83 bits per heavy atom. The summed E-state index contributed by atoms with van der Waals surface area (Å²) in [5.74, 6) is 0.529. The molecule has 0 aliphatic heterocycles. The van der Waals surface area contributed by atoms with Crippen LogP contribution < -0.4 is 10.1 Å². The largest absolute Gasteiger partial charge is 0.492 e. The number of ether oxygens (including phenoxy) is 1. The lowest BCUT2D eigenvalue weighted by molar-refractivity contribution is -0.137. The quantitative estimate of drug-likeness (QED) is 0.450. The number of alkyl halides is 3. The standard InChI is InChI=1S/C17H16F3N7O2/c1-2-29-9-3-4-11-12-14(24-25-15(12)26-27(11)8-9)13-10(17(18,19)20)7-22-16(23-13)21-5-6-28/h3-4,7-8,28H,2,5-6H2,1H3,(H,25,26)(H,21,22,23). The molecule has 4 heterocycles. The number of nitrogens with one attached hydrogen (secondary N) is 2. The first-order valence-corrected chi connectivity index (χ1v) is 8.71.